The summed E-state index contributed by atoms with van der Waals surface area (Å²) in [6.45, 7) is 6.45. The van der Waals surface area contributed by atoms with Crippen LogP contribution in [-0.2, 0) is 14.3 Å². The molecule has 0 aromatic rings. The zero-order valence-corrected chi connectivity index (χ0v) is 43.8. The van der Waals surface area contributed by atoms with Crippen LogP contribution in [-0.4, -0.2) is 46.9 Å². The Labute approximate surface area is 409 Å². The Bertz CT molecular complexity index is 1170. The second-order valence-electron chi connectivity index (χ2n) is 19.4. The Hall–Kier alpha value is -2.44. The van der Waals surface area contributed by atoms with Gasteiger partial charge in [0.1, 0.15) is 6.10 Å². The average molecular weight is 925 g/mol. The highest BCUT2D eigenvalue weighted by molar-refractivity contribution is 5.77. The third-order valence-corrected chi connectivity index (χ3v) is 12.9. The largest absolute Gasteiger partial charge is 0.462 e. The number of esters is 1. The van der Waals surface area contributed by atoms with Gasteiger partial charge < -0.3 is 20.3 Å². The van der Waals surface area contributed by atoms with E-state index in [1.54, 1.807) is 0 Å². The van der Waals surface area contributed by atoms with Crippen molar-refractivity contribution in [2.24, 2.45) is 0 Å². The summed E-state index contributed by atoms with van der Waals surface area (Å²) in [7, 11) is 0. The molecule has 0 aliphatic rings. The molecule has 0 saturated heterocycles. The SMILES string of the molecule is CCCCC/C=C\C/C=C\CCCCCCCCCC(=O)OC(CCCCC/C=C/C=C/C=C/CCCCCCC)CC(=O)NC(CO)C(O)CCCCCCCCCCCCCCCC. The zero-order chi connectivity index (χ0) is 48.1. The predicted molar refractivity (Wildman–Crippen MR) is 287 cm³/mol. The van der Waals surface area contributed by atoms with Crippen molar-refractivity contribution in [1.82, 2.24) is 5.32 Å². The summed E-state index contributed by atoms with van der Waals surface area (Å²) in [5.41, 5.74) is 0. The van der Waals surface area contributed by atoms with E-state index in [2.05, 4.69) is 86.8 Å². The highest BCUT2D eigenvalue weighted by atomic mass is 16.5. The minimum Gasteiger partial charge on any atom is -0.462 e. The molecule has 0 fully saturated rings. The number of unbranched alkanes of at least 4 members (excludes halogenated alkanes) is 31. The molecular weight excluding hydrogens is 815 g/mol. The number of ether oxygens (including phenoxy) is 1. The van der Waals surface area contributed by atoms with E-state index in [9.17, 15) is 19.8 Å². The molecule has 3 unspecified atom stereocenters. The third kappa shape index (κ3) is 48.0. The number of hydrogen-bond acceptors (Lipinski definition) is 5. The Kier molecular flexibility index (Phi) is 51.5. The van der Waals surface area contributed by atoms with Gasteiger partial charge >= 0.3 is 5.97 Å². The van der Waals surface area contributed by atoms with Crippen LogP contribution in [0.3, 0.4) is 0 Å². The highest BCUT2D eigenvalue weighted by Gasteiger charge is 2.24. The first-order chi connectivity index (χ1) is 32.5. The first-order valence-corrected chi connectivity index (χ1v) is 28.5. The summed E-state index contributed by atoms with van der Waals surface area (Å²) in [6.07, 6.45) is 67.1. The molecular formula is C60H109NO5. The molecule has 0 radical (unpaired) electrons. The van der Waals surface area contributed by atoms with Crippen molar-refractivity contribution in [1.29, 1.82) is 0 Å². The summed E-state index contributed by atoms with van der Waals surface area (Å²) in [6, 6.07) is -0.716. The van der Waals surface area contributed by atoms with E-state index in [0.29, 0.717) is 19.3 Å². The molecule has 0 aliphatic heterocycles. The Morgan fingerprint density at radius 3 is 1.32 bits per heavy atom. The number of aliphatic hydroxyl groups excluding tert-OH is 2. The summed E-state index contributed by atoms with van der Waals surface area (Å²) in [5, 5.41) is 23.9. The number of carbonyl (C=O) groups is 2. The number of carbonyl (C=O) groups excluding carboxylic acids is 2. The number of hydrogen-bond donors (Lipinski definition) is 3. The van der Waals surface area contributed by atoms with Crippen molar-refractivity contribution in [3.63, 3.8) is 0 Å². The Morgan fingerprint density at radius 1 is 0.455 bits per heavy atom. The minimum atomic E-state index is -0.800. The molecule has 0 heterocycles. The summed E-state index contributed by atoms with van der Waals surface area (Å²) in [5.74, 6) is -0.510. The van der Waals surface area contributed by atoms with Gasteiger partial charge in [0.05, 0.1) is 25.2 Å². The van der Waals surface area contributed by atoms with Gasteiger partial charge in [-0.1, -0.05) is 248 Å². The smallest absolute Gasteiger partial charge is 0.306 e. The zero-order valence-electron chi connectivity index (χ0n) is 43.8. The molecule has 3 N–H and O–H groups in total. The summed E-state index contributed by atoms with van der Waals surface area (Å²) >= 11 is 0. The first-order valence-electron chi connectivity index (χ1n) is 28.5. The van der Waals surface area contributed by atoms with E-state index < -0.39 is 18.2 Å². The molecule has 0 aliphatic carbocycles. The molecule has 0 bridgehead atoms. The van der Waals surface area contributed by atoms with Crippen molar-refractivity contribution >= 4 is 11.9 Å². The molecule has 0 aromatic heterocycles. The van der Waals surface area contributed by atoms with Crippen molar-refractivity contribution in [2.45, 2.75) is 302 Å². The topological polar surface area (TPSA) is 95.9 Å². The van der Waals surface area contributed by atoms with E-state index in [1.165, 1.54) is 154 Å². The van der Waals surface area contributed by atoms with Crippen LogP contribution in [0.5, 0.6) is 0 Å². The van der Waals surface area contributed by atoms with Gasteiger partial charge in [0.25, 0.3) is 0 Å². The average Bonchev–Trinajstić information content (AvgIpc) is 3.31. The number of allylic oxidation sites excluding steroid dienone is 10. The van der Waals surface area contributed by atoms with Gasteiger partial charge in [-0.25, -0.2) is 0 Å². The van der Waals surface area contributed by atoms with Crippen LogP contribution >= 0.6 is 0 Å². The normalized spacial score (nSPS) is 13.6. The highest BCUT2D eigenvalue weighted by Crippen LogP contribution is 2.18. The molecule has 384 valence electrons. The quantitative estimate of drug-likeness (QED) is 0.0244. The standard InChI is InChI=1S/C60H109NO5/c1-4-7-10-13-16-19-22-25-28-30-32-35-38-41-44-47-50-53-60(65)66-56(51-48-45-42-39-36-33-31-29-26-23-20-17-14-11-8-5-2)54-59(64)61-57(55-62)58(63)52-49-46-43-40-37-34-27-24-21-18-15-12-9-6-3/h16,19,23,25-26,28-29,31,33,36,56-58,62-63H,4-15,17-18,20-22,24,27,30,32,34-35,37-55H2,1-3H3,(H,61,64)/b19-16-,26-23+,28-25-,31-29+,36-33+. The fourth-order valence-corrected chi connectivity index (χ4v) is 8.52. The molecule has 6 nitrogen and oxygen atoms in total. The second-order valence-corrected chi connectivity index (χ2v) is 19.4. The molecule has 0 saturated carbocycles. The third-order valence-electron chi connectivity index (χ3n) is 12.9. The van der Waals surface area contributed by atoms with Crippen LogP contribution in [0.4, 0.5) is 0 Å². The van der Waals surface area contributed by atoms with Gasteiger partial charge in [0.2, 0.25) is 5.91 Å². The molecule has 3 atom stereocenters. The Morgan fingerprint density at radius 2 is 0.833 bits per heavy atom. The van der Waals surface area contributed by atoms with Crippen molar-refractivity contribution in [2.75, 3.05) is 6.61 Å². The van der Waals surface area contributed by atoms with Crippen LogP contribution in [0.1, 0.15) is 284 Å². The van der Waals surface area contributed by atoms with Crippen LogP contribution in [0.25, 0.3) is 0 Å². The maximum absolute atomic E-state index is 13.3. The van der Waals surface area contributed by atoms with Crippen LogP contribution in [0.2, 0.25) is 0 Å². The van der Waals surface area contributed by atoms with Crippen molar-refractivity contribution in [3.8, 4) is 0 Å². The lowest BCUT2D eigenvalue weighted by Crippen LogP contribution is -2.46. The van der Waals surface area contributed by atoms with Gasteiger partial charge in [-0.3, -0.25) is 9.59 Å². The van der Waals surface area contributed by atoms with Gasteiger partial charge in [0.15, 0.2) is 0 Å². The number of nitrogens with one attached hydrogen (secondary N) is 1. The lowest BCUT2D eigenvalue weighted by Gasteiger charge is -2.24. The number of amides is 1. The van der Waals surface area contributed by atoms with Gasteiger partial charge in [-0.15, -0.1) is 0 Å². The maximum Gasteiger partial charge on any atom is 0.306 e. The van der Waals surface area contributed by atoms with E-state index in [1.807, 2.05) is 0 Å². The fourth-order valence-electron chi connectivity index (χ4n) is 8.52. The van der Waals surface area contributed by atoms with Gasteiger partial charge in [-0.05, 0) is 83.5 Å². The molecule has 0 aromatic carbocycles. The summed E-state index contributed by atoms with van der Waals surface area (Å²) in [4.78, 5) is 26.3. The van der Waals surface area contributed by atoms with E-state index >= 15 is 0 Å². The van der Waals surface area contributed by atoms with Crippen LogP contribution < -0.4 is 5.32 Å². The van der Waals surface area contributed by atoms with Crippen molar-refractivity contribution < 1.29 is 24.5 Å². The number of aliphatic hydroxyl groups is 2. The maximum atomic E-state index is 13.3. The minimum absolute atomic E-state index is 0.0513. The van der Waals surface area contributed by atoms with Crippen LogP contribution in [0.15, 0.2) is 60.8 Å². The molecule has 66 heavy (non-hydrogen) atoms. The molecule has 1 amide bonds. The first kappa shape index (κ1) is 63.6. The molecule has 6 heteroatoms. The molecule has 0 spiro atoms. The van der Waals surface area contributed by atoms with E-state index in [-0.39, 0.29) is 24.9 Å². The molecule has 0 rings (SSSR count). The predicted octanol–water partition coefficient (Wildman–Crippen LogP) is 17.6. The second kappa shape index (κ2) is 53.5. The lowest BCUT2D eigenvalue weighted by atomic mass is 10.0. The van der Waals surface area contributed by atoms with Gasteiger partial charge in [-0.2, -0.15) is 0 Å². The Balaban J connectivity index is 4.64. The summed E-state index contributed by atoms with van der Waals surface area (Å²) < 4.78 is 5.94. The monoisotopic (exact) mass is 924 g/mol. The van der Waals surface area contributed by atoms with Crippen LogP contribution in [0, 0.1) is 0 Å². The fraction of sp³-hybridized carbons (Fsp3) is 0.800. The number of rotatable bonds is 51. The lowest BCUT2D eigenvalue weighted by molar-refractivity contribution is -0.151. The van der Waals surface area contributed by atoms with Gasteiger partial charge in [0, 0.05) is 6.42 Å². The van der Waals surface area contributed by atoms with Crippen molar-refractivity contribution in [3.05, 3.63) is 60.8 Å². The van der Waals surface area contributed by atoms with E-state index in [4.69, 9.17) is 4.74 Å². The van der Waals surface area contributed by atoms with E-state index in [0.717, 1.165) is 83.5 Å².